The number of H-pyrrole nitrogens is 1. The minimum absolute atomic E-state index is 0.0720. The Hall–Kier alpha value is -3.36. The van der Waals surface area contributed by atoms with Crippen molar-refractivity contribution in [2.24, 2.45) is 5.73 Å². The van der Waals surface area contributed by atoms with E-state index in [9.17, 15) is 4.79 Å². The van der Waals surface area contributed by atoms with Gasteiger partial charge in [0.15, 0.2) is 0 Å². The molecule has 0 saturated heterocycles. The van der Waals surface area contributed by atoms with Crippen LogP contribution in [0.2, 0.25) is 10.2 Å². The number of benzene rings is 3. The maximum absolute atomic E-state index is 11.5. The lowest BCUT2D eigenvalue weighted by molar-refractivity contribution is 0.187. The summed E-state index contributed by atoms with van der Waals surface area (Å²) in [5, 5.41) is 7.48. The average molecular weight is 553 g/mol. The van der Waals surface area contributed by atoms with Crippen molar-refractivity contribution in [1.82, 2.24) is 15.3 Å². The Kier molecular flexibility index (Phi) is 9.79. The number of carbonyl (C=O) groups is 1. The fourth-order valence-electron chi connectivity index (χ4n) is 4.30. The number of carbonyl (C=O) groups excluding carboxylic acids is 1. The molecule has 0 saturated carbocycles. The van der Waals surface area contributed by atoms with Crippen molar-refractivity contribution in [1.29, 1.82) is 0 Å². The number of nitrogens with two attached hydrogens (primary N) is 1. The molecule has 4 aromatic rings. The van der Waals surface area contributed by atoms with E-state index < -0.39 is 6.09 Å². The number of rotatable bonds is 11. The van der Waals surface area contributed by atoms with Gasteiger partial charge in [-0.3, -0.25) is 5.32 Å². The van der Waals surface area contributed by atoms with Crippen LogP contribution in [0.15, 0.2) is 72.8 Å². The summed E-state index contributed by atoms with van der Waals surface area (Å²) in [6, 6.07) is 23.3. The van der Waals surface area contributed by atoms with Gasteiger partial charge in [0, 0.05) is 22.8 Å². The summed E-state index contributed by atoms with van der Waals surface area (Å²) >= 11 is 12.8. The number of ether oxygens (including phenoxy) is 1. The first-order chi connectivity index (χ1) is 18.5. The van der Waals surface area contributed by atoms with Crippen LogP contribution in [0.4, 0.5) is 10.5 Å². The van der Waals surface area contributed by atoms with Gasteiger partial charge in [-0.2, -0.15) is 0 Å². The number of nitrogens with zero attached hydrogens (tertiary/aromatic N) is 1. The van der Waals surface area contributed by atoms with Gasteiger partial charge in [-0.05, 0) is 66.8 Å². The predicted octanol–water partition coefficient (Wildman–Crippen LogP) is 6.53. The van der Waals surface area contributed by atoms with E-state index in [1.54, 1.807) is 12.1 Å². The van der Waals surface area contributed by atoms with Crippen LogP contribution in [0.3, 0.4) is 0 Å². The molecule has 1 aromatic heterocycles. The van der Waals surface area contributed by atoms with Crippen LogP contribution in [0.5, 0.6) is 0 Å². The van der Waals surface area contributed by atoms with Crippen LogP contribution < -0.4 is 16.4 Å². The van der Waals surface area contributed by atoms with Gasteiger partial charge in [0.05, 0.1) is 13.2 Å². The maximum atomic E-state index is 11.5. The van der Waals surface area contributed by atoms with Crippen molar-refractivity contribution in [2.75, 3.05) is 19.0 Å². The SMILES string of the molecule is COC(=O)Nc1ccc(-c2nc(C(Cc3ccccc3)NCCCc3cc(Cl)ccc3CN)[nH]c2Cl)cc1. The topological polar surface area (TPSA) is 105 Å². The molecule has 0 aliphatic carbocycles. The van der Waals surface area contributed by atoms with E-state index in [1.165, 1.54) is 18.2 Å². The van der Waals surface area contributed by atoms with Crippen LogP contribution in [0.1, 0.15) is 35.0 Å². The quantitative estimate of drug-likeness (QED) is 0.159. The lowest BCUT2D eigenvalue weighted by atomic mass is 10.0. The number of aromatic amines is 1. The molecule has 0 fully saturated rings. The highest BCUT2D eigenvalue weighted by Crippen LogP contribution is 2.29. The molecule has 1 heterocycles. The Bertz CT molecular complexity index is 1340. The number of anilines is 1. The summed E-state index contributed by atoms with van der Waals surface area (Å²) in [5.41, 5.74) is 11.5. The summed E-state index contributed by atoms with van der Waals surface area (Å²) in [4.78, 5) is 19.6. The van der Waals surface area contributed by atoms with Crippen molar-refractivity contribution >= 4 is 35.0 Å². The van der Waals surface area contributed by atoms with Crippen molar-refractivity contribution in [3.63, 3.8) is 0 Å². The Morgan fingerprint density at radius 2 is 1.82 bits per heavy atom. The van der Waals surface area contributed by atoms with Crippen LogP contribution in [0, 0.1) is 0 Å². The number of halogens is 2. The zero-order chi connectivity index (χ0) is 26.9. The van der Waals surface area contributed by atoms with Gasteiger partial charge < -0.3 is 20.8 Å². The molecule has 38 heavy (non-hydrogen) atoms. The maximum Gasteiger partial charge on any atom is 0.411 e. The Labute approximate surface area is 232 Å². The molecule has 7 nitrogen and oxygen atoms in total. The van der Waals surface area contributed by atoms with Crippen LogP contribution in [-0.2, 0) is 24.1 Å². The summed E-state index contributed by atoms with van der Waals surface area (Å²) in [5.74, 6) is 0.760. The molecule has 1 unspecified atom stereocenters. The molecule has 1 amide bonds. The lowest BCUT2D eigenvalue weighted by Crippen LogP contribution is -2.26. The monoisotopic (exact) mass is 551 g/mol. The van der Waals surface area contributed by atoms with Crippen molar-refractivity contribution in [2.45, 2.75) is 31.8 Å². The van der Waals surface area contributed by atoms with Crippen molar-refractivity contribution < 1.29 is 9.53 Å². The highest BCUT2D eigenvalue weighted by atomic mass is 35.5. The molecule has 0 radical (unpaired) electrons. The number of nitrogens with one attached hydrogen (secondary N) is 3. The normalized spacial score (nSPS) is 11.8. The lowest BCUT2D eigenvalue weighted by Gasteiger charge is -2.17. The number of aryl methyl sites for hydroxylation is 1. The largest absolute Gasteiger partial charge is 0.453 e. The summed E-state index contributed by atoms with van der Waals surface area (Å²) in [6.07, 6.45) is 2.00. The summed E-state index contributed by atoms with van der Waals surface area (Å²) in [7, 11) is 1.32. The first-order valence-corrected chi connectivity index (χ1v) is 13.2. The number of hydrogen-bond acceptors (Lipinski definition) is 5. The Morgan fingerprint density at radius 3 is 2.53 bits per heavy atom. The van der Waals surface area contributed by atoms with E-state index in [2.05, 4.69) is 32.5 Å². The molecular weight excluding hydrogens is 521 g/mol. The number of hydrogen-bond donors (Lipinski definition) is 4. The number of imidazole rings is 1. The van der Waals surface area contributed by atoms with Gasteiger partial charge in [0.1, 0.15) is 16.7 Å². The van der Waals surface area contributed by atoms with Crippen LogP contribution in [-0.4, -0.2) is 29.7 Å². The van der Waals surface area contributed by atoms with E-state index in [0.29, 0.717) is 23.1 Å². The third kappa shape index (κ3) is 7.36. The summed E-state index contributed by atoms with van der Waals surface area (Å²) < 4.78 is 4.64. The van der Waals surface area contributed by atoms with E-state index in [-0.39, 0.29) is 6.04 Å². The van der Waals surface area contributed by atoms with Crippen LogP contribution >= 0.6 is 23.2 Å². The Morgan fingerprint density at radius 1 is 1.05 bits per heavy atom. The Balaban J connectivity index is 1.49. The highest BCUT2D eigenvalue weighted by Gasteiger charge is 2.19. The first kappa shape index (κ1) is 27.7. The fourth-order valence-corrected chi connectivity index (χ4v) is 4.75. The van der Waals surface area contributed by atoms with Gasteiger partial charge in [0.2, 0.25) is 0 Å². The molecule has 198 valence electrons. The first-order valence-electron chi connectivity index (χ1n) is 12.4. The van der Waals surface area contributed by atoms with E-state index >= 15 is 0 Å². The second-order valence-corrected chi connectivity index (χ2v) is 9.71. The average Bonchev–Trinajstić information content (AvgIpc) is 3.32. The zero-order valence-electron chi connectivity index (χ0n) is 21.1. The third-order valence-electron chi connectivity index (χ3n) is 6.28. The molecule has 3 aromatic carbocycles. The molecule has 4 rings (SSSR count). The van der Waals surface area contributed by atoms with E-state index in [1.807, 2.05) is 48.5 Å². The third-order valence-corrected chi connectivity index (χ3v) is 6.79. The van der Waals surface area contributed by atoms with Gasteiger partial charge in [-0.15, -0.1) is 0 Å². The fraction of sp³-hybridized carbons (Fsp3) is 0.241. The molecule has 0 bridgehead atoms. The second kappa shape index (κ2) is 13.4. The van der Waals surface area contributed by atoms with Gasteiger partial charge in [0.25, 0.3) is 0 Å². The van der Waals surface area contributed by atoms with Gasteiger partial charge in [-0.25, -0.2) is 9.78 Å². The van der Waals surface area contributed by atoms with E-state index in [4.69, 9.17) is 33.9 Å². The smallest absolute Gasteiger partial charge is 0.411 e. The molecule has 9 heteroatoms. The number of methoxy groups -OCH3 is 1. The van der Waals surface area contributed by atoms with Crippen LogP contribution in [0.25, 0.3) is 11.3 Å². The highest BCUT2D eigenvalue weighted by molar-refractivity contribution is 6.32. The molecular formula is C29H31Cl2N5O2. The number of aromatic nitrogens is 2. The van der Waals surface area contributed by atoms with Gasteiger partial charge in [-0.1, -0.05) is 71.7 Å². The standard InChI is InChI=1S/C29H31Cl2N5O2/c1-38-29(37)34-24-13-10-20(11-14-24)26-27(31)36-28(35-26)25(16-19-6-3-2-4-7-19)33-15-5-8-21-17-23(30)12-9-22(21)18-32/h2-4,6-7,9-14,17,25,33H,5,8,15-16,18,32H2,1H3,(H,34,37)(H,35,36). The minimum Gasteiger partial charge on any atom is -0.453 e. The minimum atomic E-state index is -0.526. The van der Waals surface area contributed by atoms with Crippen molar-refractivity contribution in [3.8, 4) is 11.3 Å². The predicted molar refractivity (Wildman–Crippen MR) is 154 cm³/mol. The van der Waals surface area contributed by atoms with Crippen molar-refractivity contribution in [3.05, 3.63) is 105 Å². The molecule has 5 N–H and O–H groups in total. The number of amides is 1. The van der Waals surface area contributed by atoms with Gasteiger partial charge >= 0.3 is 6.09 Å². The second-order valence-electron chi connectivity index (χ2n) is 8.90. The molecule has 0 spiro atoms. The molecule has 0 aliphatic heterocycles. The van der Waals surface area contributed by atoms with E-state index in [0.717, 1.165) is 47.8 Å². The molecule has 0 aliphatic rings. The summed E-state index contributed by atoms with van der Waals surface area (Å²) in [6.45, 7) is 1.26. The zero-order valence-corrected chi connectivity index (χ0v) is 22.6. The molecule has 1 atom stereocenters.